The molecule has 150 valence electrons. The van der Waals surface area contributed by atoms with Gasteiger partial charge in [0.1, 0.15) is 12.4 Å². The lowest BCUT2D eigenvalue weighted by molar-refractivity contribution is -0.141. The largest absolute Gasteiger partial charge is 0.468 e. The van der Waals surface area contributed by atoms with Crippen LogP contribution in [0.25, 0.3) is 16.9 Å². The van der Waals surface area contributed by atoms with E-state index in [1.165, 1.54) is 41.3 Å². The number of fused-ring (bicyclic) bond motifs is 3. The summed E-state index contributed by atoms with van der Waals surface area (Å²) < 4.78 is 24.1. The predicted octanol–water partition coefficient (Wildman–Crippen LogP) is 0.818. The number of nitrogens with zero attached hydrogens (tertiary/aromatic N) is 5. The number of hydrogen-bond acceptors (Lipinski definition) is 5. The fraction of sp³-hybridized carbons (Fsp3) is 0.263. The van der Waals surface area contributed by atoms with Crippen molar-refractivity contribution in [2.45, 2.75) is 20.0 Å². The van der Waals surface area contributed by atoms with Crippen LogP contribution in [0.1, 0.15) is 11.3 Å². The molecule has 0 saturated carbocycles. The van der Waals surface area contributed by atoms with Crippen molar-refractivity contribution in [3.63, 3.8) is 0 Å². The Balaban J connectivity index is 1.99. The first kappa shape index (κ1) is 18.7. The van der Waals surface area contributed by atoms with Gasteiger partial charge in [-0.2, -0.15) is 4.98 Å². The maximum absolute atomic E-state index is 14.1. The quantitative estimate of drug-likeness (QED) is 0.474. The smallest absolute Gasteiger partial charge is 0.332 e. The molecule has 1 aromatic carbocycles. The van der Waals surface area contributed by atoms with Crippen LogP contribution in [-0.2, 0) is 29.7 Å². The molecule has 29 heavy (non-hydrogen) atoms. The molecule has 0 fully saturated rings. The van der Waals surface area contributed by atoms with E-state index in [2.05, 4.69) is 4.98 Å². The fourth-order valence-corrected chi connectivity index (χ4v) is 3.38. The second kappa shape index (κ2) is 6.73. The van der Waals surface area contributed by atoms with E-state index in [-0.39, 0.29) is 29.8 Å². The van der Waals surface area contributed by atoms with Gasteiger partial charge in [0, 0.05) is 24.5 Å². The minimum absolute atomic E-state index is 0.0838. The van der Waals surface area contributed by atoms with Gasteiger partial charge in [0.15, 0.2) is 11.2 Å². The number of rotatable bonds is 4. The minimum atomic E-state index is -0.609. The van der Waals surface area contributed by atoms with Gasteiger partial charge >= 0.3 is 11.7 Å². The van der Waals surface area contributed by atoms with E-state index in [0.29, 0.717) is 11.5 Å². The van der Waals surface area contributed by atoms with Crippen LogP contribution in [0.5, 0.6) is 0 Å². The summed E-state index contributed by atoms with van der Waals surface area (Å²) in [4.78, 5) is 42.1. The number of aromatic nitrogens is 5. The Kier molecular flexibility index (Phi) is 4.33. The van der Waals surface area contributed by atoms with Gasteiger partial charge < -0.3 is 9.30 Å². The van der Waals surface area contributed by atoms with Gasteiger partial charge in [-0.15, -0.1) is 0 Å². The first-order valence-electron chi connectivity index (χ1n) is 8.81. The second-order valence-corrected chi connectivity index (χ2v) is 6.71. The third-order valence-electron chi connectivity index (χ3n) is 4.94. The first-order valence-corrected chi connectivity index (χ1v) is 8.81. The lowest BCUT2D eigenvalue weighted by Gasteiger charge is -2.08. The van der Waals surface area contributed by atoms with Crippen molar-refractivity contribution < 1.29 is 13.9 Å². The SMILES string of the molecule is COC(=O)Cn1c(C)cn2c3c(=O)n(Cc4ccccc4F)c(=O)n(C)c3nc12. The van der Waals surface area contributed by atoms with E-state index < -0.39 is 23.0 Å². The Bertz CT molecular complexity index is 1390. The number of halogens is 1. The molecular weight excluding hydrogens is 381 g/mol. The standard InChI is InChI=1S/C19H18FN5O4/c1-11-8-24-15-16(21-18(24)23(11)10-14(26)29-3)22(2)19(28)25(17(15)27)9-12-6-4-5-7-13(12)20/h4-8H,9-10H2,1-3H3. The topological polar surface area (TPSA) is 92.5 Å². The zero-order valence-electron chi connectivity index (χ0n) is 16.0. The lowest BCUT2D eigenvalue weighted by atomic mass is 10.2. The van der Waals surface area contributed by atoms with E-state index >= 15 is 0 Å². The number of methoxy groups -OCH3 is 1. The Morgan fingerprint density at radius 3 is 2.62 bits per heavy atom. The summed E-state index contributed by atoms with van der Waals surface area (Å²) in [5.74, 6) is -0.636. The number of benzene rings is 1. The zero-order valence-corrected chi connectivity index (χ0v) is 16.0. The van der Waals surface area contributed by atoms with Crippen molar-refractivity contribution >= 4 is 22.9 Å². The van der Waals surface area contributed by atoms with Gasteiger partial charge in [0.05, 0.1) is 13.7 Å². The van der Waals surface area contributed by atoms with Crippen LogP contribution in [0.15, 0.2) is 40.1 Å². The Morgan fingerprint density at radius 1 is 1.21 bits per heavy atom. The molecule has 0 unspecified atom stereocenters. The molecule has 0 spiro atoms. The van der Waals surface area contributed by atoms with E-state index in [1.807, 2.05) is 0 Å². The highest BCUT2D eigenvalue weighted by molar-refractivity contribution is 5.77. The summed E-state index contributed by atoms with van der Waals surface area (Å²) in [6.45, 7) is 1.48. The minimum Gasteiger partial charge on any atom is -0.468 e. The van der Waals surface area contributed by atoms with Crippen LogP contribution < -0.4 is 11.2 Å². The van der Waals surface area contributed by atoms with Gasteiger partial charge in [-0.1, -0.05) is 18.2 Å². The number of aryl methyl sites for hydroxylation is 2. The predicted molar refractivity (Wildman–Crippen MR) is 102 cm³/mol. The van der Waals surface area contributed by atoms with Gasteiger partial charge in [0.25, 0.3) is 5.56 Å². The summed E-state index contributed by atoms with van der Waals surface area (Å²) in [6.07, 6.45) is 1.66. The van der Waals surface area contributed by atoms with Crippen molar-refractivity contribution in [3.05, 3.63) is 68.4 Å². The van der Waals surface area contributed by atoms with Crippen LogP contribution in [0.3, 0.4) is 0 Å². The van der Waals surface area contributed by atoms with E-state index in [4.69, 9.17) is 4.74 Å². The first-order chi connectivity index (χ1) is 13.8. The van der Waals surface area contributed by atoms with Gasteiger partial charge in [-0.05, 0) is 13.0 Å². The van der Waals surface area contributed by atoms with Gasteiger partial charge in [0.2, 0.25) is 5.78 Å². The van der Waals surface area contributed by atoms with Crippen LogP contribution in [0.4, 0.5) is 4.39 Å². The molecule has 0 aliphatic carbocycles. The highest BCUT2D eigenvalue weighted by Gasteiger charge is 2.21. The third-order valence-corrected chi connectivity index (χ3v) is 4.94. The third kappa shape index (κ3) is 2.84. The van der Waals surface area contributed by atoms with E-state index in [9.17, 15) is 18.8 Å². The highest BCUT2D eigenvalue weighted by atomic mass is 19.1. The number of imidazole rings is 2. The molecule has 9 nitrogen and oxygen atoms in total. The molecule has 3 aromatic heterocycles. The molecular formula is C19H18FN5O4. The van der Waals surface area contributed by atoms with Crippen molar-refractivity contribution in [3.8, 4) is 0 Å². The molecule has 4 aromatic rings. The Labute approximate surface area is 163 Å². The Morgan fingerprint density at radius 2 is 1.93 bits per heavy atom. The van der Waals surface area contributed by atoms with Gasteiger partial charge in [-0.25, -0.2) is 9.18 Å². The maximum Gasteiger partial charge on any atom is 0.332 e. The van der Waals surface area contributed by atoms with Crippen LogP contribution in [0.2, 0.25) is 0 Å². The molecule has 0 aliphatic rings. The van der Waals surface area contributed by atoms with Crippen molar-refractivity contribution in [2.75, 3.05) is 7.11 Å². The normalized spacial score (nSPS) is 11.4. The number of hydrogen-bond donors (Lipinski definition) is 0. The second-order valence-electron chi connectivity index (χ2n) is 6.71. The van der Waals surface area contributed by atoms with Crippen molar-refractivity contribution in [1.29, 1.82) is 0 Å². The Hall–Kier alpha value is -3.69. The summed E-state index contributed by atoms with van der Waals surface area (Å²) in [5.41, 5.74) is 0.0697. The molecule has 4 rings (SSSR count). The summed E-state index contributed by atoms with van der Waals surface area (Å²) in [7, 11) is 2.78. The molecule has 3 heterocycles. The maximum atomic E-state index is 14.1. The molecule has 10 heteroatoms. The summed E-state index contributed by atoms with van der Waals surface area (Å²) in [5, 5.41) is 0. The number of carbonyl (C=O) groups excluding carboxylic acids is 1. The molecule has 0 atom stereocenters. The molecule has 0 amide bonds. The average molecular weight is 399 g/mol. The van der Waals surface area contributed by atoms with Crippen LogP contribution >= 0.6 is 0 Å². The monoisotopic (exact) mass is 399 g/mol. The number of ether oxygens (including phenoxy) is 1. The van der Waals surface area contributed by atoms with Crippen molar-refractivity contribution in [2.24, 2.45) is 7.05 Å². The molecule has 0 bridgehead atoms. The molecule has 0 N–H and O–H groups in total. The van der Waals surface area contributed by atoms with E-state index in [1.54, 1.807) is 23.8 Å². The number of esters is 1. The van der Waals surface area contributed by atoms with Crippen LogP contribution in [-0.4, -0.2) is 36.2 Å². The van der Waals surface area contributed by atoms with Crippen molar-refractivity contribution in [1.82, 2.24) is 23.1 Å². The summed E-state index contributed by atoms with van der Waals surface area (Å²) in [6, 6.07) is 5.97. The number of carbonyl (C=O) groups is 1. The highest BCUT2D eigenvalue weighted by Crippen LogP contribution is 2.16. The molecule has 0 saturated heterocycles. The van der Waals surface area contributed by atoms with Gasteiger partial charge in [-0.3, -0.25) is 23.1 Å². The summed E-state index contributed by atoms with van der Waals surface area (Å²) >= 11 is 0. The van der Waals surface area contributed by atoms with E-state index in [0.717, 1.165) is 4.57 Å². The van der Waals surface area contributed by atoms with Crippen LogP contribution in [0, 0.1) is 12.7 Å². The zero-order chi connectivity index (χ0) is 20.9. The molecule has 0 radical (unpaired) electrons. The fourth-order valence-electron chi connectivity index (χ4n) is 3.38. The molecule has 0 aliphatic heterocycles. The average Bonchev–Trinajstić information content (AvgIpc) is 3.21. The lowest BCUT2D eigenvalue weighted by Crippen LogP contribution is -2.39.